The summed E-state index contributed by atoms with van der Waals surface area (Å²) in [6, 6.07) is 12.9. The highest BCUT2D eigenvalue weighted by Gasteiger charge is 2.13. The van der Waals surface area contributed by atoms with Gasteiger partial charge in [0, 0.05) is 18.1 Å². The molecular weight excluding hydrogens is 470 g/mol. The monoisotopic (exact) mass is 491 g/mol. The van der Waals surface area contributed by atoms with E-state index in [2.05, 4.69) is 26.2 Å². The molecule has 0 fully saturated rings. The molecule has 0 saturated carbocycles. The van der Waals surface area contributed by atoms with Crippen molar-refractivity contribution in [3.63, 3.8) is 0 Å². The van der Waals surface area contributed by atoms with E-state index in [0.717, 1.165) is 15.8 Å². The number of benzene rings is 2. The van der Waals surface area contributed by atoms with E-state index < -0.39 is 0 Å². The van der Waals surface area contributed by atoms with Crippen molar-refractivity contribution in [2.75, 3.05) is 26.6 Å². The number of ether oxygens (including phenoxy) is 2. The standard InChI is InChI=1S/C21H22BrN3O4S/c1-28-10-9-25-20(27)17-11-15(22)5-8-18(17)24-21(25)30-13-19(26)23-12-14-3-6-16(29-2)7-4-14/h3-8,11H,9-10,12-13H2,1-2H3,(H,23,26). The van der Waals surface area contributed by atoms with Gasteiger partial charge >= 0.3 is 0 Å². The third kappa shape index (κ3) is 5.62. The highest BCUT2D eigenvalue weighted by molar-refractivity contribution is 9.10. The Morgan fingerprint density at radius 2 is 1.97 bits per heavy atom. The summed E-state index contributed by atoms with van der Waals surface area (Å²) in [5.74, 6) is 0.778. The van der Waals surface area contributed by atoms with Gasteiger partial charge in [0.2, 0.25) is 5.91 Å². The Labute approximate surface area is 186 Å². The Morgan fingerprint density at radius 3 is 2.67 bits per heavy atom. The molecule has 0 atom stereocenters. The number of hydrogen-bond donors (Lipinski definition) is 1. The van der Waals surface area contributed by atoms with Crippen molar-refractivity contribution in [2.45, 2.75) is 18.2 Å². The average Bonchev–Trinajstić information content (AvgIpc) is 2.76. The third-order valence-electron chi connectivity index (χ3n) is 4.38. The summed E-state index contributed by atoms with van der Waals surface area (Å²) in [4.78, 5) is 29.9. The molecular formula is C21H22BrN3O4S. The Morgan fingerprint density at radius 1 is 1.20 bits per heavy atom. The Hall–Kier alpha value is -2.36. The minimum Gasteiger partial charge on any atom is -0.497 e. The van der Waals surface area contributed by atoms with Gasteiger partial charge in [-0.25, -0.2) is 4.98 Å². The normalized spacial score (nSPS) is 10.9. The van der Waals surface area contributed by atoms with Crippen LogP contribution in [0.4, 0.5) is 0 Å². The molecule has 0 unspecified atom stereocenters. The van der Waals surface area contributed by atoms with Crippen LogP contribution in [0.5, 0.6) is 5.75 Å². The van der Waals surface area contributed by atoms with Crippen molar-refractivity contribution < 1.29 is 14.3 Å². The summed E-state index contributed by atoms with van der Waals surface area (Å²) in [5, 5.41) is 3.90. The van der Waals surface area contributed by atoms with Crippen LogP contribution >= 0.6 is 27.7 Å². The molecule has 1 aromatic heterocycles. The summed E-state index contributed by atoms with van der Waals surface area (Å²) >= 11 is 4.62. The molecule has 0 aliphatic heterocycles. The first-order valence-electron chi connectivity index (χ1n) is 9.23. The van der Waals surface area contributed by atoms with Crippen LogP contribution in [0, 0.1) is 0 Å². The van der Waals surface area contributed by atoms with E-state index in [0.29, 0.717) is 35.8 Å². The number of carbonyl (C=O) groups excluding carboxylic acids is 1. The lowest BCUT2D eigenvalue weighted by molar-refractivity contribution is -0.118. The fourth-order valence-corrected chi connectivity index (χ4v) is 4.00. The maximum absolute atomic E-state index is 12.9. The van der Waals surface area contributed by atoms with E-state index in [9.17, 15) is 9.59 Å². The molecule has 1 N–H and O–H groups in total. The van der Waals surface area contributed by atoms with E-state index >= 15 is 0 Å². The zero-order chi connectivity index (χ0) is 21.5. The maximum Gasteiger partial charge on any atom is 0.262 e. The lowest BCUT2D eigenvalue weighted by atomic mass is 10.2. The van der Waals surface area contributed by atoms with Gasteiger partial charge in [-0.1, -0.05) is 39.8 Å². The molecule has 0 bridgehead atoms. The van der Waals surface area contributed by atoms with Gasteiger partial charge in [0.05, 0.1) is 36.9 Å². The van der Waals surface area contributed by atoms with Crippen molar-refractivity contribution in [3.8, 4) is 5.75 Å². The maximum atomic E-state index is 12.9. The summed E-state index contributed by atoms with van der Waals surface area (Å²) in [6.45, 7) is 1.15. The number of aromatic nitrogens is 2. The second-order valence-corrected chi connectivity index (χ2v) is 8.28. The van der Waals surface area contributed by atoms with Gasteiger partial charge in [-0.05, 0) is 35.9 Å². The highest BCUT2D eigenvalue weighted by atomic mass is 79.9. The zero-order valence-electron chi connectivity index (χ0n) is 16.7. The molecule has 2 aromatic carbocycles. The summed E-state index contributed by atoms with van der Waals surface area (Å²) in [5.41, 5.74) is 1.41. The quantitative estimate of drug-likeness (QED) is 0.365. The van der Waals surface area contributed by atoms with Crippen LogP contribution in [0.2, 0.25) is 0 Å². The minimum absolute atomic E-state index is 0.140. The summed E-state index contributed by atoms with van der Waals surface area (Å²) in [7, 11) is 3.19. The largest absolute Gasteiger partial charge is 0.497 e. The van der Waals surface area contributed by atoms with Gasteiger partial charge in [0.25, 0.3) is 5.56 Å². The number of nitrogens with zero attached hydrogens (tertiary/aromatic N) is 2. The van der Waals surface area contributed by atoms with Crippen LogP contribution in [0.3, 0.4) is 0 Å². The fraction of sp³-hybridized carbons (Fsp3) is 0.286. The number of rotatable bonds is 9. The van der Waals surface area contributed by atoms with E-state index in [1.54, 1.807) is 30.9 Å². The molecule has 0 aliphatic rings. The number of hydrogen-bond acceptors (Lipinski definition) is 6. The summed E-state index contributed by atoms with van der Waals surface area (Å²) in [6.07, 6.45) is 0. The second kappa shape index (κ2) is 10.6. The molecule has 3 rings (SSSR count). The van der Waals surface area contributed by atoms with E-state index in [-0.39, 0.29) is 17.2 Å². The Kier molecular flexibility index (Phi) is 7.89. The van der Waals surface area contributed by atoms with Crippen LogP contribution < -0.4 is 15.6 Å². The lowest BCUT2D eigenvalue weighted by Crippen LogP contribution is -2.27. The molecule has 7 nitrogen and oxygen atoms in total. The number of halogens is 1. The van der Waals surface area contributed by atoms with Gasteiger partial charge in [0.15, 0.2) is 5.16 Å². The number of methoxy groups -OCH3 is 2. The van der Waals surface area contributed by atoms with Crippen molar-refractivity contribution in [1.82, 2.24) is 14.9 Å². The molecule has 158 valence electrons. The third-order valence-corrected chi connectivity index (χ3v) is 5.85. The SMILES string of the molecule is COCCn1c(SCC(=O)NCc2ccc(OC)cc2)nc2ccc(Br)cc2c1=O. The average molecular weight is 492 g/mol. The van der Waals surface area contributed by atoms with Gasteiger partial charge in [-0.3, -0.25) is 14.2 Å². The fourth-order valence-electron chi connectivity index (χ4n) is 2.79. The molecule has 0 aliphatic carbocycles. The second-order valence-electron chi connectivity index (χ2n) is 6.42. The smallest absolute Gasteiger partial charge is 0.262 e. The number of carbonyl (C=O) groups is 1. The number of fused-ring (bicyclic) bond motifs is 1. The number of thioether (sulfide) groups is 1. The highest BCUT2D eigenvalue weighted by Crippen LogP contribution is 2.20. The molecule has 0 spiro atoms. The molecule has 1 heterocycles. The topological polar surface area (TPSA) is 82.4 Å². The van der Waals surface area contributed by atoms with Crippen LogP contribution in [0.15, 0.2) is 56.9 Å². The van der Waals surface area contributed by atoms with Crippen molar-refractivity contribution >= 4 is 44.5 Å². The Balaban J connectivity index is 1.71. The van der Waals surface area contributed by atoms with E-state index in [1.807, 2.05) is 30.3 Å². The molecule has 1 amide bonds. The van der Waals surface area contributed by atoms with Gasteiger partial charge in [-0.2, -0.15) is 0 Å². The first kappa shape index (κ1) is 22.3. The predicted molar refractivity (Wildman–Crippen MR) is 121 cm³/mol. The van der Waals surface area contributed by atoms with Gasteiger partial charge in [0.1, 0.15) is 5.75 Å². The number of nitrogens with one attached hydrogen (secondary N) is 1. The van der Waals surface area contributed by atoms with Crippen molar-refractivity contribution in [1.29, 1.82) is 0 Å². The van der Waals surface area contributed by atoms with Crippen molar-refractivity contribution in [3.05, 3.63) is 62.9 Å². The lowest BCUT2D eigenvalue weighted by Gasteiger charge is -2.13. The van der Waals surface area contributed by atoms with Crippen LogP contribution in [0.25, 0.3) is 10.9 Å². The minimum atomic E-state index is -0.153. The molecule has 9 heteroatoms. The predicted octanol–water partition coefficient (Wildman–Crippen LogP) is 3.22. The van der Waals surface area contributed by atoms with E-state index in [1.165, 1.54) is 11.8 Å². The zero-order valence-corrected chi connectivity index (χ0v) is 19.1. The number of amides is 1. The first-order chi connectivity index (χ1) is 14.5. The first-order valence-corrected chi connectivity index (χ1v) is 11.0. The van der Waals surface area contributed by atoms with Crippen LogP contribution in [-0.4, -0.2) is 42.0 Å². The molecule has 0 saturated heterocycles. The Bertz CT molecular complexity index is 1090. The summed E-state index contributed by atoms with van der Waals surface area (Å²) < 4.78 is 12.6. The van der Waals surface area contributed by atoms with E-state index in [4.69, 9.17) is 9.47 Å². The van der Waals surface area contributed by atoms with Gasteiger partial charge < -0.3 is 14.8 Å². The van der Waals surface area contributed by atoms with Gasteiger partial charge in [-0.15, -0.1) is 0 Å². The van der Waals surface area contributed by atoms with Crippen LogP contribution in [0.1, 0.15) is 5.56 Å². The molecule has 0 radical (unpaired) electrons. The van der Waals surface area contributed by atoms with Crippen LogP contribution in [-0.2, 0) is 22.6 Å². The van der Waals surface area contributed by atoms with Crippen molar-refractivity contribution in [2.24, 2.45) is 0 Å². The molecule has 3 aromatic rings. The molecule has 30 heavy (non-hydrogen) atoms.